The number of halogens is 2. The highest BCUT2D eigenvalue weighted by Crippen LogP contribution is 2.33. The lowest BCUT2D eigenvalue weighted by Gasteiger charge is -2.10. The van der Waals surface area contributed by atoms with Gasteiger partial charge in [-0.15, -0.1) is 11.3 Å². The van der Waals surface area contributed by atoms with Gasteiger partial charge in [-0.1, -0.05) is 12.1 Å². The van der Waals surface area contributed by atoms with Gasteiger partial charge in [0.2, 0.25) is 0 Å². The fraction of sp³-hybridized carbons (Fsp3) is 0.133. The smallest absolute Gasteiger partial charge is 0.113 e. The highest BCUT2D eigenvalue weighted by Gasteiger charge is 2.08. The van der Waals surface area contributed by atoms with Gasteiger partial charge in [0.25, 0.3) is 0 Å². The molecule has 1 aromatic heterocycles. The minimum atomic E-state index is 0.722. The molecule has 3 rings (SSSR count). The summed E-state index contributed by atoms with van der Waals surface area (Å²) in [7, 11) is 0. The van der Waals surface area contributed by atoms with Crippen LogP contribution < -0.4 is 5.32 Å². The predicted molar refractivity (Wildman–Crippen MR) is 93.5 cm³/mol. The molecule has 1 heterocycles. The van der Waals surface area contributed by atoms with Crippen molar-refractivity contribution < 1.29 is 0 Å². The van der Waals surface area contributed by atoms with Gasteiger partial charge in [0, 0.05) is 8.95 Å². The van der Waals surface area contributed by atoms with Crippen molar-refractivity contribution in [2.24, 2.45) is 0 Å². The van der Waals surface area contributed by atoms with Crippen molar-refractivity contribution in [2.45, 2.75) is 13.5 Å². The fourth-order valence-electron chi connectivity index (χ4n) is 2.03. The van der Waals surface area contributed by atoms with Crippen molar-refractivity contribution in [3.63, 3.8) is 0 Å². The summed E-state index contributed by atoms with van der Waals surface area (Å²) in [6.45, 7) is 2.80. The first-order chi connectivity index (χ1) is 9.63. The van der Waals surface area contributed by atoms with Crippen LogP contribution in [0.5, 0.6) is 0 Å². The van der Waals surface area contributed by atoms with Crippen molar-refractivity contribution >= 4 is 59.1 Å². The van der Waals surface area contributed by atoms with Gasteiger partial charge < -0.3 is 5.32 Å². The number of thiazole rings is 1. The molecular weight excluding hydrogens is 400 g/mol. The maximum absolute atomic E-state index is 4.63. The lowest BCUT2D eigenvalue weighted by molar-refractivity contribution is 1.11. The van der Waals surface area contributed by atoms with Crippen molar-refractivity contribution in [2.75, 3.05) is 5.32 Å². The second-order valence-corrected chi connectivity index (χ2v) is 7.36. The highest BCUT2D eigenvalue weighted by atomic mass is 79.9. The molecule has 2 nitrogen and oxygen atoms in total. The molecule has 102 valence electrons. The molecule has 0 aliphatic carbocycles. The fourth-order valence-corrected chi connectivity index (χ4v) is 4.63. The average molecular weight is 412 g/mol. The third-order valence-corrected chi connectivity index (χ3v) is 5.23. The molecule has 0 bridgehead atoms. The first kappa shape index (κ1) is 14.0. The summed E-state index contributed by atoms with van der Waals surface area (Å²) in [5.41, 5.74) is 3.35. The summed E-state index contributed by atoms with van der Waals surface area (Å²) in [6.07, 6.45) is 0. The molecule has 0 saturated heterocycles. The largest absolute Gasteiger partial charge is 0.377 e. The van der Waals surface area contributed by atoms with Crippen molar-refractivity contribution in [1.29, 1.82) is 0 Å². The van der Waals surface area contributed by atoms with Crippen LogP contribution >= 0.6 is 43.2 Å². The molecule has 5 heteroatoms. The standard InChI is InChI=1S/C15H12Br2N2S/c1-9-6-10(16)15(11(17)7-9)18-8-14-19-12-4-2-3-5-13(12)20-14/h2-7,18H,8H2,1H3. The molecule has 0 unspecified atom stereocenters. The number of aromatic nitrogens is 1. The number of nitrogens with zero attached hydrogens (tertiary/aromatic N) is 1. The number of hydrogen-bond acceptors (Lipinski definition) is 3. The van der Waals surface area contributed by atoms with Crippen LogP contribution in [-0.2, 0) is 6.54 Å². The quantitative estimate of drug-likeness (QED) is 0.594. The predicted octanol–water partition coefficient (Wildman–Crippen LogP) is 5.74. The number of rotatable bonds is 3. The second-order valence-electron chi connectivity index (χ2n) is 4.53. The van der Waals surface area contributed by atoms with Crippen molar-refractivity contribution in [3.8, 4) is 0 Å². The van der Waals surface area contributed by atoms with Crippen LogP contribution in [0.1, 0.15) is 10.6 Å². The molecule has 0 aliphatic rings. The maximum atomic E-state index is 4.63. The van der Waals surface area contributed by atoms with Gasteiger partial charge in [-0.2, -0.15) is 0 Å². The van der Waals surface area contributed by atoms with E-state index in [0.717, 1.165) is 31.7 Å². The Morgan fingerprint density at radius 2 is 1.85 bits per heavy atom. The third-order valence-electron chi connectivity index (χ3n) is 2.94. The normalized spacial score (nSPS) is 10.9. The van der Waals surface area contributed by atoms with Crippen molar-refractivity contribution in [1.82, 2.24) is 4.98 Å². The Kier molecular flexibility index (Phi) is 4.10. The summed E-state index contributed by atoms with van der Waals surface area (Å²) in [5.74, 6) is 0. The van der Waals surface area contributed by atoms with Crippen LogP contribution in [0.3, 0.4) is 0 Å². The van der Waals surface area contributed by atoms with Gasteiger partial charge in [0.15, 0.2) is 0 Å². The van der Waals surface area contributed by atoms with Crippen LogP contribution in [0.2, 0.25) is 0 Å². The van der Waals surface area contributed by atoms with E-state index in [4.69, 9.17) is 0 Å². The van der Waals surface area contributed by atoms with E-state index in [1.807, 2.05) is 18.2 Å². The first-order valence-electron chi connectivity index (χ1n) is 6.17. The SMILES string of the molecule is Cc1cc(Br)c(NCc2nc3ccccc3s2)c(Br)c1. The van der Waals surface area contributed by atoms with Crippen LogP contribution in [-0.4, -0.2) is 4.98 Å². The molecule has 20 heavy (non-hydrogen) atoms. The van der Waals surface area contributed by atoms with E-state index < -0.39 is 0 Å². The maximum Gasteiger partial charge on any atom is 0.113 e. The average Bonchev–Trinajstić information content (AvgIpc) is 2.80. The van der Waals surface area contributed by atoms with Gasteiger partial charge in [-0.3, -0.25) is 0 Å². The van der Waals surface area contributed by atoms with E-state index in [-0.39, 0.29) is 0 Å². The van der Waals surface area contributed by atoms with E-state index in [1.165, 1.54) is 10.3 Å². The highest BCUT2D eigenvalue weighted by molar-refractivity contribution is 9.11. The van der Waals surface area contributed by atoms with E-state index >= 15 is 0 Å². The number of aryl methyl sites for hydroxylation is 1. The lowest BCUT2D eigenvalue weighted by atomic mass is 10.2. The zero-order valence-electron chi connectivity index (χ0n) is 10.8. The Bertz CT molecular complexity index is 711. The summed E-state index contributed by atoms with van der Waals surface area (Å²) < 4.78 is 3.35. The Labute approximate surface area is 138 Å². The van der Waals surface area contributed by atoms with Gasteiger partial charge in [-0.05, 0) is 68.6 Å². The number of hydrogen-bond donors (Lipinski definition) is 1. The third kappa shape index (κ3) is 2.90. The van der Waals surface area contributed by atoms with E-state index in [0.29, 0.717) is 0 Å². The Morgan fingerprint density at radius 3 is 2.55 bits per heavy atom. The minimum absolute atomic E-state index is 0.722. The monoisotopic (exact) mass is 410 g/mol. The molecule has 0 radical (unpaired) electrons. The van der Waals surface area contributed by atoms with E-state index in [2.05, 4.69) is 67.3 Å². The zero-order chi connectivity index (χ0) is 14.1. The Balaban J connectivity index is 1.83. The lowest BCUT2D eigenvalue weighted by Crippen LogP contribution is -2.00. The number of fused-ring (bicyclic) bond motifs is 1. The summed E-state index contributed by atoms with van der Waals surface area (Å²) in [4.78, 5) is 4.63. The number of benzene rings is 2. The van der Waals surface area contributed by atoms with Gasteiger partial charge in [-0.25, -0.2) is 4.98 Å². The summed E-state index contributed by atoms with van der Waals surface area (Å²) in [5, 5.41) is 4.53. The Hall–Kier alpha value is -0.910. The number of anilines is 1. The number of para-hydroxylation sites is 1. The van der Waals surface area contributed by atoms with Crippen LogP contribution in [0.25, 0.3) is 10.2 Å². The first-order valence-corrected chi connectivity index (χ1v) is 8.58. The molecule has 3 aromatic rings. The molecule has 1 N–H and O–H groups in total. The topological polar surface area (TPSA) is 24.9 Å². The second kappa shape index (κ2) is 5.84. The Morgan fingerprint density at radius 1 is 1.15 bits per heavy atom. The molecular formula is C15H12Br2N2S. The van der Waals surface area contributed by atoms with E-state index in [9.17, 15) is 0 Å². The molecule has 0 aliphatic heterocycles. The molecule has 0 saturated carbocycles. The molecule has 0 amide bonds. The van der Waals surface area contributed by atoms with Crippen molar-refractivity contribution in [3.05, 3.63) is 55.9 Å². The molecule has 0 spiro atoms. The van der Waals surface area contributed by atoms with Crippen LogP contribution in [0.15, 0.2) is 45.3 Å². The van der Waals surface area contributed by atoms with Gasteiger partial charge >= 0.3 is 0 Å². The van der Waals surface area contributed by atoms with E-state index in [1.54, 1.807) is 11.3 Å². The van der Waals surface area contributed by atoms with Gasteiger partial charge in [0.05, 0.1) is 22.4 Å². The molecule has 0 atom stereocenters. The van der Waals surface area contributed by atoms with Gasteiger partial charge in [0.1, 0.15) is 5.01 Å². The number of nitrogens with one attached hydrogen (secondary N) is 1. The zero-order valence-corrected chi connectivity index (χ0v) is 14.8. The van der Waals surface area contributed by atoms with Crippen LogP contribution in [0.4, 0.5) is 5.69 Å². The molecule has 0 fully saturated rings. The van der Waals surface area contributed by atoms with Crippen LogP contribution in [0, 0.1) is 6.92 Å². The minimum Gasteiger partial charge on any atom is -0.377 e. The summed E-state index contributed by atoms with van der Waals surface area (Å²) >= 11 is 8.92. The summed E-state index contributed by atoms with van der Waals surface area (Å²) in [6, 6.07) is 12.4. The molecule has 2 aromatic carbocycles.